The first kappa shape index (κ1) is 23.0. The number of hydrogen-bond acceptors (Lipinski definition) is 1. The fourth-order valence-electron chi connectivity index (χ4n) is 5.90. The van der Waals surface area contributed by atoms with Crippen LogP contribution in [0.25, 0.3) is 0 Å². The molecule has 27 heavy (non-hydrogen) atoms. The third-order valence-corrected chi connectivity index (χ3v) is 7.70. The number of rotatable bonds is 5. The maximum Gasteiger partial charge on any atom is 0.522 e. The summed E-state index contributed by atoms with van der Waals surface area (Å²) in [7, 11) is 0. The Morgan fingerprint density at radius 1 is 0.704 bits per heavy atom. The summed E-state index contributed by atoms with van der Waals surface area (Å²) >= 11 is 0. The van der Waals surface area contributed by atoms with E-state index in [9.17, 15) is 13.2 Å². The molecule has 0 heterocycles. The van der Waals surface area contributed by atoms with Crippen LogP contribution in [0.3, 0.4) is 0 Å². The van der Waals surface area contributed by atoms with Crippen LogP contribution in [0.5, 0.6) is 0 Å². The molecule has 0 aliphatic heterocycles. The quantitative estimate of drug-likeness (QED) is 0.486. The lowest BCUT2D eigenvalue weighted by molar-refractivity contribution is -0.345. The molecule has 0 radical (unpaired) electrons. The van der Waals surface area contributed by atoms with E-state index >= 15 is 0 Å². The van der Waals surface area contributed by atoms with Crippen LogP contribution >= 0.6 is 0 Å². The highest BCUT2D eigenvalue weighted by molar-refractivity contribution is 4.82. The first-order valence-electron chi connectivity index (χ1n) is 11.1. The molecule has 0 spiro atoms. The normalized spacial score (nSPS) is 38.2. The zero-order chi connectivity index (χ0) is 18.6. The van der Waals surface area contributed by atoms with Gasteiger partial charge < -0.3 is 5.48 Å². The molecule has 0 unspecified atom stereocenters. The Labute approximate surface area is 165 Å². The highest BCUT2D eigenvalue weighted by atomic mass is 19.4. The molecule has 0 aromatic heterocycles. The van der Waals surface area contributed by atoms with Crippen molar-refractivity contribution in [3.63, 3.8) is 0 Å². The van der Waals surface area contributed by atoms with E-state index in [0.29, 0.717) is 18.8 Å². The minimum Gasteiger partial charge on any atom is -0.412 e. The van der Waals surface area contributed by atoms with Crippen LogP contribution in [-0.4, -0.2) is 17.9 Å². The molecule has 0 amide bonds. The fourth-order valence-corrected chi connectivity index (χ4v) is 5.90. The average Bonchev–Trinajstić information content (AvgIpc) is 2.61. The molecular weight excluding hydrogens is 353 g/mol. The van der Waals surface area contributed by atoms with Crippen molar-refractivity contribution in [1.82, 2.24) is 0 Å². The first-order valence-corrected chi connectivity index (χ1v) is 11.1. The molecule has 3 aliphatic carbocycles. The second-order valence-electron chi connectivity index (χ2n) is 9.58. The molecule has 3 rings (SSSR count). The van der Waals surface area contributed by atoms with E-state index < -0.39 is 12.5 Å². The second-order valence-corrected chi connectivity index (χ2v) is 9.58. The van der Waals surface area contributed by atoms with Crippen LogP contribution < -0.4 is 0 Å². The maximum atomic E-state index is 12.3. The van der Waals surface area contributed by atoms with Gasteiger partial charge in [0.25, 0.3) is 0 Å². The maximum absolute atomic E-state index is 12.3. The standard InChI is InChI=1S/C22H37F3O.H2O.2H2/c1-16-2-10-19(11-3-16)20-12-6-17(7-13-20)4-5-18-8-14-21(15-9-18)26-22(23,24)25;;;/h16-21H,2-15H2,1H3;1H2;2*1H. The largest absolute Gasteiger partial charge is 0.522 e. The van der Waals surface area contributed by atoms with Gasteiger partial charge in [-0.05, 0) is 81.0 Å². The lowest BCUT2D eigenvalue weighted by Gasteiger charge is -2.37. The smallest absolute Gasteiger partial charge is 0.412 e. The van der Waals surface area contributed by atoms with E-state index in [0.717, 1.165) is 36.5 Å². The lowest BCUT2D eigenvalue weighted by Crippen LogP contribution is -2.28. The summed E-state index contributed by atoms with van der Waals surface area (Å²) in [6, 6.07) is 0. The fraction of sp³-hybridized carbons (Fsp3) is 1.00. The van der Waals surface area contributed by atoms with E-state index in [2.05, 4.69) is 11.7 Å². The summed E-state index contributed by atoms with van der Waals surface area (Å²) in [5.41, 5.74) is 0. The summed E-state index contributed by atoms with van der Waals surface area (Å²) < 4.78 is 41.1. The summed E-state index contributed by atoms with van der Waals surface area (Å²) in [6.07, 6.45) is 11.9. The van der Waals surface area contributed by atoms with E-state index in [-0.39, 0.29) is 8.33 Å². The van der Waals surface area contributed by atoms with Crippen molar-refractivity contribution in [2.45, 2.75) is 109 Å². The van der Waals surface area contributed by atoms with Gasteiger partial charge in [0.1, 0.15) is 0 Å². The van der Waals surface area contributed by atoms with Crippen LogP contribution in [-0.2, 0) is 4.74 Å². The van der Waals surface area contributed by atoms with Crippen LogP contribution in [0.4, 0.5) is 13.2 Å². The highest BCUT2D eigenvalue weighted by Gasteiger charge is 2.35. The van der Waals surface area contributed by atoms with Gasteiger partial charge in [-0.2, -0.15) is 0 Å². The topological polar surface area (TPSA) is 40.7 Å². The van der Waals surface area contributed by atoms with Crippen molar-refractivity contribution in [2.75, 3.05) is 0 Å². The van der Waals surface area contributed by atoms with Crippen molar-refractivity contribution in [3.8, 4) is 0 Å². The summed E-state index contributed by atoms with van der Waals surface area (Å²) in [6.45, 7) is 2.40. The zero-order valence-electron chi connectivity index (χ0n) is 16.9. The summed E-state index contributed by atoms with van der Waals surface area (Å²) in [5, 5.41) is 0. The predicted octanol–water partition coefficient (Wildman–Crippen LogP) is 7.16. The van der Waals surface area contributed by atoms with Crippen molar-refractivity contribution in [1.29, 1.82) is 0 Å². The third-order valence-electron chi connectivity index (χ3n) is 7.70. The molecule has 0 bridgehead atoms. The lowest BCUT2D eigenvalue weighted by atomic mass is 9.68. The molecule has 3 fully saturated rings. The number of ether oxygens (including phenoxy) is 1. The van der Waals surface area contributed by atoms with Crippen molar-refractivity contribution >= 4 is 0 Å². The predicted molar refractivity (Wildman–Crippen MR) is 107 cm³/mol. The molecule has 0 atom stereocenters. The van der Waals surface area contributed by atoms with E-state index in [1.807, 2.05) is 0 Å². The Bertz CT molecular complexity index is 413. The van der Waals surface area contributed by atoms with Gasteiger partial charge in [-0.25, -0.2) is 0 Å². The number of halogens is 3. The van der Waals surface area contributed by atoms with E-state index in [1.165, 1.54) is 64.2 Å². The van der Waals surface area contributed by atoms with Gasteiger partial charge in [0.05, 0.1) is 6.10 Å². The Kier molecular flexibility index (Phi) is 8.92. The van der Waals surface area contributed by atoms with Gasteiger partial charge in [-0.1, -0.05) is 45.4 Å². The molecule has 0 aromatic carbocycles. The average molecular weight is 397 g/mol. The monoisotopic (exact) mass is 396 g/mol. The highest BCUT2D eigenvalue weighted by Crippen LogP contribution is 2.43. The van der Waals surface area contributed by atoms with Crippen LogP contribution in [0.15, 0.2) is 0 Å². The number of alkyl halides is 3. The third kappa shape index (κ3) is 7.56. The van der Waals surface area contributed by atoms with Gasteiger partial charge in [-0.3, -0.25) is 4.74 Å². The number of hydrogen-bond donors (Lipinski definition) is 0. The molecule has 164 valence electrons. The van der Waals surface area contributed by atoms with Gasteiger partial charge >= 0.3 is 6.36 Å². The minimum atomic E-state index is -4.47. The minimum absolute atomic E-state index is 0. The molecule has 2 N–H and O–H groups in total. The van der Waals surface area contributed by atoms with Crippen LogP contribution in [0.1, 0.15) is 99.7 Å². The molecular formula is C22H43F3O2. The van der Waals surface area contributed by atoms with Gasteiger partial charge in [-0.15, -0.1) is 13.2 Å². The first-order chi connectivity index (χ1) is 12.4. The molecule has 0 aromatic rings. The summed E-state index contributed by atoms with van der Waals surface area (Å²) in [4.78, 5) is 0. The van der Waals surface area contributed by atoms with Crippen molar-refractivity contribution < 1.29 is 26.2 Å². The zero-order valence-corrected chi connectivity index (χ0v) is 16.9. The Hall–Kier alpha value is -0.290. The van der Waals surface area contributed by atoms with Gasteiger partial charge in [0.2, 0.25) is 0 Å². The molecule has 0 saturated heterocycles. The van der Waals surface area contributed by atoms with Gasteiger partial charge in [0.15, 0.2) is 0 Å². The SMILES string of the molecule is CC1CCC(C2CCC(CCC3CCC(OC(F)(F)F)CC3)CC2)CC1.O.[HH].[HH]. The van der Waals surface area contributed by atoms with Gasteiger partial charge in [0, 0.05) is 2.85 Å². The molecule has 3 saturated carbocycles. The van der Waals surface area contributed by atoms with Crippen LogP contribution in [0.2, 0.25) is 0 Å². The Morgan fingerprint density at radius 2 is 1.11 bits per heavy atom. The Balaban J connectivity index is 0.00000261. The second kappa shape index (κ2) is 10.5. The summed E-state index contributed by atoms with van der Waals surface area (Å²) in [5.74, 6) is 4.42. The van der Waals surface area contributed by atoms with Crippen molar-refractivity contribution in [3.05, 3.63) is 0 Å². The Morgan fingerprint density at radius 3 is 1.56 bits per heavy atom. The van der Waals surface area contributed by atoms with Crippen molar-refractivity contribution in [2.24, 2.45) is 29.6 Å². The van der Waals surface area contributed by atoms with Crippen LogP contribution in [0, 0.1) is 29.6 Å². The molecule has 3 aliphatic rings. The van der Waals surface area contributed by atoms with E-state index in [4.69, 9.17) is 0 Å². The van der Waals surface area contributed by atoms with E-state index in [1.54, 1.807) is 0 Å². The molecule has 2 nitrogen and oxygen atoms in total. The molecule has 5 heteroatoms.